The molecule has 4 heteroatoms. The minimum Gasteiger partial charge on any atom is -0.410 e. The summed E-state index contributed by atoms with van der Waals surface area (Å²) in [5, 5.41) is 2.12. The lowest BCUT2D eigenvalue weighted by Crippen LogP contribution is -2.28. The molecule has 0 saturated heterocycles. The normalized spacial score (nSPS) is 11.6. The van der Waals surface area contributed by atoms with Crippen LogP contribution in [0.5, 0.6) is 5.75 Å². The highest BCUT2D eigenvalue weighted by Crippen LogP contribution is 2.14. The van der Waals surface area contributed by atoms with E-state index < -0.39 is 12.4 Å². The van der Waals surface area contributed by atoms with Crippen molar-refractivity contribution in [1.29, 1.82) is 0 Å². The maximum absolute atomic E-state index is 13.7. The van der Waals surface area contributed by atoms with Crippen molar-refractivity contribution in [3.05, 3.63) is 66.2 Å². The van der Waals surface area contributed by atoms with Gasteiger partial charge in [-0.25, -0.2) is 9.18 Å². The Morgan fingerprint density at radius 3 is 2.17 bits per heavy atom. The van der Waals surface area contributed by atoms with Gasteiger partial charge in [-0.15, -0.1) is 0 Å². The first kappa shape index (κ1) is 12.1. The zero-order valence-corrected chi connectivity index (χ0v) is 9.55. The predicted molar refractivity (Wildman–Crippen MR) is 65.9 cm³/mol. The summed E-state index contributed by atoms with van der Waals surface area (Å²) in [7, 11) is 0. The summed E-state index contributed by atoms with van der Waals surface area (Å²) in [5.74, 6) is 0.371. The zero-order valence-electron chi connectivity index (χ0n) is 9.55. The van der Waals surface area contributed by atoms with E-state index in [-0.39, 0.29) is 0 Å². The Kier molecular flexibility index (Phi) is 3.91. The molecule has 2 rings (SSSR count). The van der Waals surface area contributed by atoms with Gasteiger partial charge < -0.3 is 4.74 Å². The van der Waals surface area contributed by atoms with Crippen LogP contribution in [0.15, 0.2) is 60.7 Å². The molecule has 18 heavy (non-hydrogen) atoms. The van der Waals surface area contributed by atoms with Crippen LogP contribution in [0.2, 0.25) is 0 Å². The van der Waals surface area contributed by atoms with Gasteiger partial charge >= 0.3 is 6.09 Å². The summed E-state index contributed by atoms with van der Waals surface area (Å²) in [6.45, 7) is 0. The zero-order chi connectivity index (χ0) is 12.8. The molecule has 92 valence electrons. The standard InChI is InChI=1S/C14H12FNO2/c15-13(11-7-3-1-4-8-11)16-14(17)18-12-9-5-2-6-10-12/h1-10,13H,(H,16,17). The molecule has 0 heterocycles. The number of hydrogen-bond donors (Lipinski definition) is 1. The maximum atomic E-state index is 13.7. The minimum absolute atomic E-state index is 0.371. The van der Waals surface area contributed by atoms with Crippen LogP contribution in [0, 0.1) is 0 Å². The van der Waals surface area contributed by atoms with Crippen LogP contribution in [0.4, 0.5) is 9.18 Å². The van der Waals surface area contributed by atoms with Gasteiger partial charge in [-0.1, -0.05) is 48.5 Å². The lowest BCUT2D eigenvalue weighted by molar-refractivity contribution is 0.179. The fourth-order valence-corrected chi connectivity index (χ4v) is 1.43. The fourth-order valence-electron chi connectivity index (χ4n) is 1.43. The number of rotatable bonds is 3. The second kappa shape index (κ2) is 5.82. The molecule has 1 atom stereocenters. The minimum atomic E-state index is -1.58. The van der Waals surface area contributed by atoms with Gasteiger partial charge in [0.05, 0.1) is 0 Å². The van der Waals surface area contributed by atoms with E-state index in [4.69, 9.17) is 4.74 Å². The lowest BCUT2D eigenvalue weighted by Gasteiger charge is -2.10. The first-order valence-electron chi connectivity index (χ1n) is 5.48. The molecule has 0 aliphatic heterocycles. The number of benzene rings is 2. The Balaban J connectivity index is 1.92. The Hall–Kier alpha value is -2.36. The molecule has 2 aromatic carbocycles. The third-order valence-electron chi connectivity index (χ3n) is 2.29. The monoisotopic (exact) mass is 245 g/mol. The van der Waals surface area contributed by atoms with Gasteiger partial charge in [-0.2, -0.15) is 0 Å². The average molecular weight is 245 g/mol. The van der Waals surface area contributed by atoms with Gasteiger partial charge in [0, 0.05) is 5.56 Å². The number of amides is 1. The van der Waals surface area contributed by atoms with Crippen LogP contribution >= 0.6 is 0 Å². The molecule has 1 N–H and O–H groups in total. The van der Waals surface area contributed by atoms with E-state index in [1.807, 2.05) is 0 Å². The van der Waals surface area contributed by atoms with Gasteiger partial charge in [0.25, 0.3) is 0 Å². The molecule has 2 aromatic rings. The van der Waals surface area contributed by atoms with Crippen LogP contribution in [0.25, 0.3) is 0 Å². The van der Waals surface area contributed by atoms with Crippen molar-refractivity contribution >= 4 is 6.09 Å². The molecule has 1 amide bonds. The van der Waals surface area contributed by atoms with E-state index in [9.17, 15) is 9.18 Å². The third-order valence-corrected chi connectivity index (χ3v) is 2.29. The first-order valence-corrected chi connectivity index (χ1v) is 5.48. The summed E-state index contributed by atoms with van der Waals surface area (Å²) in [4.78, 5) is 11.4. The highest BCUT2D eigenvalue weighted by atomic mass is 19.1. The Morgan fingerprint density at radius 1 is 1.00 bits per heavy atom. The smallest absolute Gasteiger partial charge is 0.410 e. The van der Waals surface area contributed by atoms with Crippen LogP contribution in [0.1, 0.15) is 11.9 Å². The van der Waals surface area contributed by atoms with Gasteiger partial charge in [0.15, 0.2) is 0 Å². The molecular weight excluding hydrogens is 233 g/mol. The molecule has 0 fully saturated rings. The van der Waals surface area contributed by atoms with Crippen molar-refractivity contribution in [3.63, 3.8) is 0 Å². The Labute approximate surface area is 104 Å². The number of nitrogens with one attached hydrogen (secondary N) is 1. The molecule has 0 bridgehead atoms. The summed E-state index contributed by atoms with van der Waals surface area (Å²) in [6.07, 6.45) is -2.40. The van der Waals surface area contributed by atoms with Crippen LogP contribution in [-0.2, 0) is 0 Å². The number of hydrogen-bond acceptors (Lipinski definition) is 2. The Morgan fingerprint density at radius 2 is 1.56 bits per heavy atom. The molecule has 3 nitrogen and oxygen atoms in total. The van der Waals surface area contributed by atoms with E-state index in [1.165, 1.54) is 0 Å². The molecule has 0 aliphatic rings. The summed E-state index contributed by atoms with van der Waals surface area (Å²) < 4.78 is 18.6. The first-order chi connectivity index (χ1) is 8.75. The van der Waals surface area contributed by atoms with Crippen LogP contribution in [-0.4, -0.2) is 6.09 Å². The van der Waals surface area contributed by atoms with E-state index in [2.05, 4.69) is 5.32 Å². The quantitative estimate of drug-likeness (QED) is 0.841. The van der Waals surface area contributed by atoms with Crippen molar-refractivity contribution in [2.24, 2.45) is 0 Å². The molecular formula is C14H12FNO2. The molecule has 1 unspecified atom stereocenters. The largest absolute Gasteiger partial charge is 0.415 e. The van der Waals surface area contributed by atoms with Crippen molar-refractivity contribution in [2.75, 3.05) is 0 Å². The number of para-hydroxylation sites is 1. The number of alkyl halides is 1. The van der Waals surface area contributed by atoms with E-state index in [1.54, 1.807) is 60.7 Å². The molecule has 0 aliphatic carbocycles. The molecule has 0 saturated carbocycles. The molecule has 0 radical (unpaired) electrons. The number of carbonyl (C=O) groups excluding carboxylic acids is 1. The second-order valence-electron chi connectivity index (χ2n) is 3.62. The summed E-state index contributed by atoms with van der Waals surface area (Å²) in [6, 6.07) is 16.9. The van der Waals surface area contributed by atoms with Gasteiger partial charge in [0.2, 0.25) is 6.30 Å². The third kappa shape index (κ3) is 3.31. The van der Waals surface area contributed by atoms with Crippen molar-refractivity contribution in [1.82, 2.24) is 5.32 Å². The topological polar surface area (TPSA) is 38.3 Å². The molecule has 0 aromatic heterocycles. The predicted octanol–water partition coefficient (Wildman–Crippen LogP) is 3.44. The number of halogens is 1. The Bertz CT molecular complexity index is 502. The van der Waals surface area contributed by atoms with E-state index in [0.29, 0.717) is 11.3 Å². The average Bonchev–Trinajstić information content (AvgIpc) is 2.40. The van der Waals surface area contributed by atoms with Crippen LogP contribution < -0.4 is 10.1 Å². The van der Waals surface area contributed by atoms with Gasteiger partial charge in [-0.05, 0) is 12.1 Å². The number of ether oxygens (including phenoxy) is 1. The van der Waals surface area contributed by atoms with Crippen LogP contribution in [0.3, 0.4) is 0 Å². The highest BCUT2D eigenvalue weighted by molar-refractivity contribution is 5.70. The van der Waals surface area contributed by atoms with Gasteiger partial charge in [0.1, 0.15) is 5.75 Å². The van der Waals surface area contributed by atoms with Crippen molar-refractivity contribution in [3.8, 4) is 5.75 Å². The van der Waals surface area contributed by atoms with Gasteiger partial charge in [-0.3, -0.25) is 5.32 Å². The second-order valence-corrected chi connectivity index (χ2v) is 3.62. The summed E-state index contributed by atoms with van der Waals surface area (Å²) in [5.41, 5.74) is 0.377. The maximum Gasteiger partial charge on any atom is 0.415 e. The van der Waals surface area contributed by atoms with Crippen molar-refractivity contribution in [2.45, 2.75) is 6.30 Å². The summed E-state index contributed by atoms with van der Waals surface area (Å²) >= 11 is 0. The molecule has 0 spiro atoms. The van der Waals surface area contributed by atoms with E-state index >= 15 is 0 Å². The number of carbonyl (C=O) groups is 1. The highest BCUT2D eigenvalue weighted by Gasteiger charge is 2.13. The lowest BCUT2D eigenvalue weighted by atomic mass is 10.2. The fraction of sp³-hybridized carbons (Fsp3) is 0.0714. The van der Waals surface area contributed by atoms with E-state index in [0.717, 1.165) is 0 Å². The SMILES string of the molecule is O=C(NC(F)c1ccccc1)Oc1ccccc1. The van der Waals surface area contributed by atoms with Crippen molar-refractivity contribution < 1.29 is 13.9 Å².